The van der Waals surface area contributed by atoms with E-state index in [4.69, 9.17) is 0 Å². The molecule has 6 nitrogen and oxygen atoms in total. The first-order valence-corrected chi connectivity index (χ1v) is 6.93. The highest BCUT2D eigenvalue weighted by molar-refractivity contribution is 5.88. The van der Waals surface area contributed by atoms with Crippen LogP contribution in [-0.4, -0.2) is 58.8 Å². The van der Waals surface area contributed by atoms with Gasteiger partial charge in [0.1, 0.15) is 6.04 Å². The van der Waals surface area contributed by atoms with E-state index in [1.54, 1.807) is 0 Å². The van der Waals surface area contributed by atoms with E-state index < -0.39 is 23.5 Å². The SMILES string of the molecule is CCC1(C(=O)N2CC(O)CC2C(=O)O)CCCNC1. The molecule has 3 atom stereocenters. The van der Waals surface area contributed by atoms with Crippen LogP contribution >= 0.6 is 0 Å². The van der Waals surface area contributed by atoms with E-state index in [-0.39, 0.29) is 18.9 Å². The van der Waals surface area contributed by atoms with Gasteiger partial charge in [0, 0.05) is 19.5 Å². The number of piperidine rings is 1. The Morgan fingerprint density at radius 3 is 2.74 bits per heavy atom. The van der Waals surface area contributed by atoms with Gasteiger partial charge in [-0.25, -0.2) is 4.79 Å². The van der Waals surface area contributed by atoms with Crippen molar-refractivity contribution in [2.75, 3.05) is 19.6 Å². The lowest BCUT2D eigenvalue weighted by Gasteiger charge is -2.39. The molecule has 0 aromatic carbocycles. The molecule has 0 bridgehead atoms. The van der Waals surface area contributed by atoms with E-state index >= 15 is 0 Å². The maximum Gasteiger partial charge on any atom is 0.326 e. The lowest BCUT2D eigenvalue weighted by Crippen LogP contribution is -2.54. The molecule has 6 heteroatoms. The van der Waals surface area contributed by atoms with Crippen LogP contribution in [0.25, 0.3) is 0 Å². The van der Waals surface area contributed by atoms with E-state index in [2.05, 4.69) is 5.32 Å². The van der Waals surface area contributed by atoms with E-state index in [1.165, 1.54) is 4.90 Å². The molecule has 3 unspecified atom stereocenters. The van der Waals surface area contributed by atoms with E-state index in [0.717, 1.165) is 19.4 Å². The van der Waals surface area contributed by atoms with E-state index in [0.29, 0.717) is 13.0 Å². The predicted octanol–water partition coefficient (Wildman–Crippen LogP) is -0.187. The molecular formula is C13H22N2O4. The van der Waals surface area contributed by atoms with Crippen molar-refractivity contribution in [3.8, 4) is 0 Å². The number of amides is 1. The Balaban J connectivity index is 2.19. The molecule has 0 aromatic rings. The Morgan fingerprint density at radius 2 is 2.21 bits per heavy atom. The van der Waals surface area contributed by atoms with Gasteiger partial charge in [0.05, 0.1) is 11.5 Å². The van der Waals surface area contributed by atoms with Crippen LogP contribution in [0.5, 0.6) is 0 Å². The summed E-state index contributed by atoms with van der Waals surface area (Å²) in [6.45, 7) is 3.60. The van der Waals surface area contributed by atoms with Gasteiger partial charge in [-0.15, -0.1) is 0 Å². The van der Waals surface area contributed by atoms with E-state index in [1.807, 2.05) is 6.92 Å². The van der Waals surface area contributed by atoms with Crippen molar-refractivity contribution in [3.05, 3.63) is 0 Å². The Labute approximate surface area is 112 Å². The number of carbonyl (C=O) groups excluding carboxylic acids is 1. The van der Waals surface area contributed by atoms with Crippen LogP contribution in [-0.2, 0) is 9.59 Å². The maximum absolute atomic E-state index is 12.7. The van der Waals surface area contributed by atoms with Crippen LogP contribution in [0.2, 0.25) is 0 Å². The van der Waals surface area contributed by atoms with E-state index in [9.17, 15) is 19.8 Å². The van der Waals surface area contributed by atoms with Crippen LogP contribution in [0.3, 0.4) is 0 Å². The molecule has 2 aliphatic heterocycles. The number of hydrogen-bond acceptors (Lipinski definition) is 4. The second kappa shape index (κ2) is 5.46. The van der Waals surface area contributed by atoms with Gasteiger partial charge in [-0.3, -0.25) is 4.79 Å². The highest BCUT2D eigenvalue weighted by Gasteiger charge is 2.47. The van der Waals surface area contributed by atoms with Gasteiger partial charge < -0.3 is 20.4 Å². The second-order valence-electron chi connectivity index (χ2n) is 5.62. The molecule has 0 spiro atoms. The number of carboxylic acids is 1. The van der Waals surface area contributed by atoms with Gasteiger partial charge in [0.25, 0.3) is 0 Å². The highest BCUT2D eigenvalue weighted by atomic mass is 16.4. The quantitative estimate of drug-likeness (QED) is 0.661. The smallest absolute Gasteiger partial charge is 0.326 e. The number of hydrogen-bond donors (Lipinski definition) is 3. The first-order chi connectivity index (χ1) is 9.00. The lowest BCUT2D eigenvalue weighted by molar-refractivity contribution is -0.154. The van der Waals surface area contributed by atoms with Gasteiger partial charge in [-0.1, -0.05) is 6.92 Å². The normalized spacial score (nSPS) is 35.4. The summed E-state index contributed by atoms with van der Waals surface area (Å²) in [6, 6.07) is -0.882. The molecular weight excluding hydrogens is 248 g/mol. The van der Waals surface area contributed by atoms with Crippen molar-refractivity contribution >= 4 is 11.9 Å². The summed E-state index contributed by atoms with van der Waals surface area (Å²) in [7, 11) is 0. The van der Waals surface area contributed by atoms with Crippen molar-refractivity contribution in [3.63, 3.8) is 0 Å². The minimum atomic E-state index is -1.03. The monoisotopic (exact) mass is 270 g/mol. The fourth-order valence-corrected chi connectivity index (χ4v) is 3.18. The Bertz CT molecular complexity index is 366. The van der Waals surface area contributed by atoms with Crippen LogP contribution in [0.1, 0.15) is 32.6 Å². The number of aliphatic carboxylic acids is 1. The molecule has 19 heavy (non-hydrogen) atoms. The summed E-state index contributed by atoms with van der Waals surface area (Å²) in [4.78, 5) is 25.3. The number of aliphatic hydroxyl groups excluding tert-OH is 1. The van der Waals surface area contributed by atoms with Gasteiger partial charge in [-0.2, -0.15) is 0 Å². The zero-order valence-electron chi connectivity index (χ0n) is 11.3. The second-order valence-corrected chi connectivity index (χ2v) is 5.62. The summed E-state index contributed by atoms with van der Waals surface area (Å²) in [5, 5.41) is 22.1. The van der Waals surface area contributed by atoms with Crippen molar-refractivity contribution < 1.29 is 19.8 Å². The zero-order chi connectivity index (χ0) is 14.0. The van der Waals surface area contributed by atoms with Crippen molar-refractivity contribution in [2.45, 2.75) is 44.8 Å². The molecule has 2 fully saturated rings. The van der Waals surface area contributed by atoms with Crippen molar-refractivity contribution in [1.82, 2.24) is 10.2 Å². The highest BCUT2D eigenvalue weighted by Crippen LogP contribution is 2.35. The number of rotatable bonds is 3. The molecule has 3 N–H and O–H groups in total. The molecule has 2 heterocycles. The average Bonchev–Trinajstić information content (AvgIpc) is 2.81. The van der Waals surface area contributed by atoms with Gasteiger partial charge in [0.2, 0.25) is 5.91 Å². The fourth-order valence-electron chi connectivity index (χ4n) is 3.18. The molecule has 0 aliphatic carbocycles. The van der Waals surface area contributed by atoms with Crippen molar-refractivity contribution in [2.24, 2.45) is 5.41 Å². The van der Waals surface area contributed by atoms with Crippen LogP contribution in [0.4, 0.5) is 0 Å². The van der Waals surface area contributed by atoms with Crippen LogP contribution in [0.15, 0.2) is 0 Å². The Kier molecular flexibility index (Phi) is 4.10. The number of nitrogens with one attached hydrogen (secondary N) is 1. The molecule has 2 rings (SSSR count). The first kappa shape index (κ1) is 14.3. The Hall–Kier alpha value is -1.14. The minimum Gasteiger partial charge on any atom is -0.480 e. The summed E-state index contributed by atoms with van der Waals surface area (Å²) in [5.74, 6) is -1.15. The predicted molar refractivity (Wildman–Crippen MR) is 68.6 cm³/mol. The third-order valence-electron chi connectivity index (χ3n) is 4.43. The summed E-state index contributed by atoms with van der Waals surface area (Å²) >= 11 is 0. The maximum atomic E-state index is 12.7. The number of likely N-dealkylation sites (tertiary alicyclic amines) is 1. The topological polar surface area (TPSA) is 89.9 Å². The zero-order valence-corrected chi connectivity index (χ0v) is 11.3. The van der Waals surface area contributed by atoms with Crippen LogP contribution in [0, 0.1) is 5.41 Å². The fraction of sp³-hybridized carbons (Fsp3) is 0.846. The number of aliphatic hydroxyl groups is 1. The number of β-amino-alcohol motifs (C(OH)–C–C–N with tert-alkyl or cyclic N) is 1. The molecule has 108 valence electrons. The molecule has 2 saturated heterocycles. The van der Waals surface area contributed by atoms with Crippen LogP contribution < -0.4 is 5.32 Å². The summed E-state index contributed by atoms with van der Waals surface area (Å²) in [6.07, 6.45) is 1.81. The van der Waals surface area contributed by atoms with Gasteiger partial charge in [0.15, 0.2) is 0 Å². The standard InChI is InChI=1S/C13H22N2O4/c1-2-13(4-3-5-14-8-13)12(19)15-7-9(16)6-10(15)11(17)18/h9-10,14,16H,2-8H2,1H3,(H,17,18). The average molecular weight is 270 g/mol. The number of carboxylic acid groups (broad SMARTS) is 1. The summed E-state index contributed by atoms with van der Waals surface area (Å²) < 4.78 is 0. The lowest BCUT2D eigenvalue weighted by atomic mass is 9.77. The first-order valence-electron chi connectivity index (χ1n) is 6.93. The third kappa shape index (κ3) is 2.60. The van der Waals surface area contributed by atoms with Gasteiger partial charge in [-0.05, 0) is 25.8 Å². The molecule has 0 aromatic heterocycles. The number of nitrogens with zero attached hydrogens (tertiary/aromatic N) is 1. The molecule has 0 saturated carbocycles. The largest absolute Gasteiger partial charge is 0.480 e. The Morgan fingerprint density at radius 1 is 1.47 bits per heavy atom. The summed E-state index contributed by atoms with van der Waals surface area (Å²) in [5.41, 5.74) is -0.504. The molecule has 1 amide bonds. The minimum absolute atomic E-state index is 0.119. The molecule has 2 aliphatic rings. The third-order valence-corrected chi connectivity index (χ3v) is 4.43. The molecule has 0 radical (unpaired) electrons. The number of carbonyl (C=O) groups is 2. The van der Waals surface area contributed by atoms with Crippen molar-refractivity contribution in [1.29, 1.82) is 0 Å². The van der Waals surface area contributed by atoms with Gasteiger partial charge >= 0.3 is 5.97 Å².